The van der Waals surface area contributed by atoms with Crippen molar-refractivity contribution in [1.82, 2.24) is 15.4 Å². The number of rotatable bonds is 4. The summed E-state index contributed by atoms with van der Waals surface area (Å²) in [6.45, 7) is 0. The van der Waals surface area contributed by atoms with Crippen LogP contribution in [0.1, 0.15) is 28.5 Å². The topological polar surface area (TPSA) is 75.1 Å². The fourth-order valence-corrected chi connectivity index (χ4v) is 3.72. The Kier molecular flexibility index (Phi) is 4.77. The van der Waals surface area contributed by atoms with Gasteiger partial charge in [0.25, 0.3) is 5.91 Å². The normalized spacial score (nSPS) is 23.1. The zero-order valence-electron chi connectivity index (χ0n) is 15.3. The molecular weight excluding hydrogens is 402 g/mol. The third-order valence-corrected chi connectivity index (χ3v) is 5.24. The van der Waals surface area contributed by atoms with Gasteiger partial charge in [0.2, 0.25) is 5.67 Å². The van der Waals surface area contributed by atoms with Gasteiger partial charge in [-0.1, -0.05) is 54.6 Å². The monoisotopic (exact) mass is 417 g/mol. The van der Waals surface area contributed by atoms with Crippen molar-refractivity contribution in [3.05, 3.63) is 83.7 Å². The van der Waals surface area contributed by atoms with Gasteiger partial charge in [0.15, 0.2) is 5.82 Å². The Labute approximate surface area is 168 Å². The molecule has 2 N–H and O–H groups in total. The van der Waals surface area contributed by atoms with Crippen molar-refractivity contribution in [2.24, 2.45) is 0 Å². The van der Waals surface area contributed by atoms with E-state index in [4.69, 9.17) is 5.21 Å². The number of carbonyl (C=O) groups excluding carboxylic acids is 1. The van der Waals surface area contributed by atoms with Crippen LogP contribution in [-0.2, 0) is 11.0 Å². The van der Waals surface area contributed by atoms with Crippen molar-refractivity contribution in [2.45, 2.75) is 23.7 Å². The van der Waals surface area contributed by atoms with Crippen LogP contribution >= 0.6 is 0 Å². The predicted molar refractivity (Wildman–Crippen MR) is 98.2 cm³/mol. The number of hydroxylamine groups is 1. The Morgan fingerprint density at radius 3 is 1.97 bits per heavy atom. The summed E-state index contributed by atoms with van der Waals surface area (Å²) in [4.78, 5) is 19.5. The van der Waals surface area contributed by atoms with Crippen LogP contribution in [0, 0.1) is 0 Å². The third kappa shape index (κ3) is 3.30. The second-order valence-corrected chi connectivity index (χ2v) is 6.99. The number of hydrogen-bond donors (Lipinski definition) is 2. The fraction of sp³-hybridized carbons (Fsp3) is 0.190. The van der Waals surface area contributed by atoms with Crippen molar-refractivity contribution >= 4 is 5.91 Å². The van der Waals surface area contributed by atoms with E-state index in [0.29, 0.717) is 29.1 Å². The van der Waals surface area contributed by atoms with Crippen molar-refractivity contribution < 1.29 is 27.6 Å². The summed E-state index contributed by atoms with van der Waals surface area (Å²) in [6.07, 6.45) is -3.14. The molecule has 0 bridgehead atoms. The Balaban J connectivity index is 1.62. The molecule has 1 fully saturated rings. The van der Waals surface area contributed by atoms with Crippen LogP contribution < -0.4 is 5.48 Å². The van der Waals surface area contributed by atoms with Gasteiger partial charge in [-0.15, -0.1) is 0 Å². The molecule has 1 aliphatic carbocycles. The number of aromatic nitrogens is 2. The standard InChI is InChI=1S/C21H15F4N3O2/c22-20(19(29)28-30)16(12-4-2-1-3-5-12)17(20)13-6-8-14(9-7-13)18-26-10-15(11-27-18)21(23,24)25/h1-11,16-17,30H,(H,28,29)/t16-,17-,20+/m1/s1. The highest BCUT2D eigenvalue weighted by atomic mass is 19.4. The van der Waals surface area contributed by atoms with Crippen LogP contribution in [0.3, 0.4) is 0 Å². The molecule has 30 heavy (non-hydrogen) atoms. The molecule has 1 aromatic heterocycles. The van der Waals surface area contributed by atoms with Gasteiger partial charge in [-0.2, -0.15) is 13.2 Å². The highest BCUT2D eigenvalue weighted by Crippen LogP contribution is 2.66. The summed E-state index contributed by atoms with van der Waals surface area (Å²) in [5.41, 5.74) is -0.311. The van der Waals surface area contributed by atoms with Gasteiger partial charge in [-0.05, 0) is 11.1 Å². The Morgan fingerprint density at radius 2 is 1.47 bits per heavy atom. The summed E-state index contributed by atoms with van der Waals surface area (Å²) in [7, 11) is 0. The SMILES string of the molecule is O=C(NO)[C@]1(F)[C@H](c2ccccc2)[C@H]1c1ccc(-c2ncc(C(F)(F)F)cn2)cc1. The number of benzene rings is 2. The van der Waals surface area contributed by atoms with E-state index in [1.807, 2.05) is 0 Å². The second kappa shape index (κ2) is 7.17. The molecule has 9 heteroatoms. The molecule has 5 nitrogen and oxygen atoms in total. The minimum Gasteiger partial charge on any atom is -0.289 e. The fourth-order valence-electron chi connectivity index (χ4n) is 3.72. The molecule has 0 radical (unpaired) electrons. The van der Waals surface area contributed by atoms with Crippen molar-refractivity contribution in [1.29, 1.82) is 0 Å². The highest BCUT2D eigenvalue weighted by molar-refractivity contribution is 5.92. The molecule has 0 unspecified atom stereocenters. The molecule has 0 aliphatic heterocycles. The molecule has 1 heterocycles. The molecule has 4 rings (SSSR count). The smallest absolute Gasteiger partial charge is 0.289 e. The molecule has 154 valence electrons. The van der Waals surface area contributed by atoms with Crippen LogP contribution in [0.15, 0.2) is 67.0 Å². The number of carbonyl (C=O) groups is 1. The lowest BCUT2D eigenvalue weighted by Gasteiger charge is -2.07. The van der Waals surface area contributed by atoms with Crippen LogP contribution in [0.25, 0.3) is 11.4 Å². The van der Waals surface area contributed by atoms with Gasteiger partial charge in [0.1, 0.15) is 0 Å². The second-order valence-electron chi connectivity index (χ2n) is 6.99. The average molecular weight is 417 g/mol. The first kappa shape index (κ1) is 20.0. The molecule has 0 spiro atoms. The Bertz CT molecular complexity index is 1060. The van der Waals surface area contributed by atoms with Crippen molar-refractivity contribution in [3.8, 4) is 11.4 Å². The molecule has 3 aromatic rings. The Hall–Kier alpha value is -3.33. The summed E-state index contributed by atoms with van der Waals surface area (Å²) in [5.74, 6) is -2.64. The van der Waals surface area contributed by atoms with Gasteiger partial charge in [-0.3, -0.25) is 10.0 Å². The van der Waals surface area contributed by atoms with Gasteiger partial charge in [0.05, 0.1) is 5.56 Å². The number of nitrogens with zero attached hydrogens (tertiary/aromatic N) is 2. The van der Waals surface area contributed by atoms with E-state index in [9.17, 15) is 18.0 Å². The van der Waals surface area contributed by atoms with E-state index >= 15 is 4.39 Å². The van der Waals surface area contributed by atoms with Gasteiger partial charge in [-0.25, -0.2) is 19.8 Å². The van der Waals surface area contributed by atoms with Crippen LogP contribution in [-0.4, -0.2) is 26.8 Å². The van der Waals surface area contributed by atoms with Gasteiger partial charge >= 0.3 is 6.18 Å². The maximum absolute atomic E-state index is 15.5. The molecule has 3 atom stereocenters. The lowest BCUT2D eigenvalue weighted by atomic mass is 10.0. The number of hydrogen-bond acceptors (Lipinski definition) is 4. The van der Waals surface area contributed by atoms with E-state index < -0.39 is 35.2 Å². The summed E-state index contributed by atoms with van der Waals surface area (Å²) >= 11 is 0. The van der Waals surface area contributed by atoms with E-state index in [0.717, 1.165) is 0 Å². The Morgan fingerprint density at radius 1 is 0.933 bits per heavy atom. The number of halogens is 4. The number of alkyl halides is 4. The molecular formula is C21H15F4N3O2. The van der Waals surface area contributed by atoms with E-state index in [-0.39, 0.29) is 5.82 Å². The summed E-state index contributed by atoms with van der Waals surface area (Å²) in [5, 5.41) is 8.98. The minimum atomic E-state index is -4.53. The number of nitrogens with one attached hydrogen (secondary N) is 1. The molecule has 1 saturated carbocycles. The first-order valence-corrected chi connectivity index (χ1v) is 8.94. The van der Waals surface area contributed by atoms with E-state index in [1.165, 1.54) is 5.48 Å². The quantitative estimate of drug-likeness (QED) is 0.378. The molecule has 1 amide bonds. The maximum Gasteiger partial charge on any atom is 0.419 e. The predicted octanol–water partition coefficient (Wildman–Crippen LogP) is 4.26. The van der Waals surface area contributed by atoms with Crippen LogP contribution in [0.2, 0.25) is 0 Å². The van der Waals surface area contributed by atoms with Crippen LogP contribution in [0.5, 0.6) is 0 Å². The van der Waals surface area contributed by atoms with Crippen LogP contribution in [0.4, 0.5) is 17.6 Å². The summed E-state index contributed by atoms with van der Waals surface area (Å²) < 4.78 is 53.4. The van der Waals surface area contributed by atoms with Gasteiger partial charge in [0, 0.05) is 29.8 Å². The molecule has 1 aliphatic rings. The largest absolute Gasteiger partial charge is 0.419 e. The molecule has 0 saturated heterocycles. The maximum atomic E-state index is 15.5. The minimum absolute atomic E-state index is 0.0876. The number of amides is 1. The van der Waals surface area contributed by atoms with Crippen molar-refractivity contribution in [2.75, 3.05) is 0 Å². The lowest BCUT2D eigenvalue weighted by molar-refractivity contribution is -0.138. The highest BCUT2D eigenvalue weighted by Gasteiger charge is 2.72. The molecule has 2 aromatic carbocycles. The third-order valence-electron chi connectivity index (χ3n) is 5.24. The zero-order chi connectivity index (χ0) is 21.5. The summed E-state index contributed by atoms with van der Waals surface area (Å²) in [6, 6.07) is 14.9. The zero-order valence-corrected chi connectivity index (χ0v) is 15.3. The van der Waals surface area contributed by atoms with E-state index in [2.05, 4.69) is 9.97 Å². The van der Waals surface area contributed by atoms with Crippen molar-refractivity contribution in [3.63, 3.8) is 0 Å². The van der Waals surface area contributed by atoms with E-state index in [1.54, 1.807) is 54.6 Å². The first-order chi connectivity index (χ1) is 14.3. The first-order valence-electron chi connectivity index (χ1n) is 8.94. The lowest BCUT2D eigenvalue weighted by Crippen LogP contribution is -2.33. The van der Waals surface area contributed by atoms with Gasteiger partial charge < -0.3 is 0 Å². The average Bonchev–Trinajstić information content (AvgIpc) is 3.40.